The molecule has 0 saturated carbocycles. The van der Waals surface area contributed by atoms with Gasteiger partial charge in [0.2, 0.25) is 0 Å². The van der Waals surface area contributed by atoms with Crippen molar-refractivity contribution in [2.24, 2.45) is 0 Å². The van der Waals surface area contributed by atoms with E-state index in [2.05, 4.69) is 10.9 Å². The Morgan fingerprint density at radius 2 is 1.71 bits per heavy atom. The first-order valence-electron chi connectivity index (χ1n) is 7.09. The van der Waals surface area contributed by atoms with Crippen LogP contribution in [0.3, 0.4) is 0 Å². The lowest BCUT2D eigenvalue weighted by Crippen LogP contribution is -2.43. The first-order valence-corrected chi connectivity index (χ1v) is 8.28. The number of halogens is 1. The maximum absolute atomic E-state index is 12.2. The van der Waals surface area contributed by atoms with Crippen molar-refractivity contribution in [1.29, 1.82) is 0 Å². The standard InChI is InChI=1S/C17H13ClN2O3S/c18-15-12-8-4-5-9-13(12)24-16(15)17(22)20-19-14(21)10-23-11-6-2-1-3-7-11/h1-9H,10H2,(H,19,21)(H,20,22). The SMILES string of the molecule is O=C(COc1ccccc1)NNC(=O)c1sc2ccccc2c1Cl. The molecule has 0 atom stereocenters. The van der Waals surface area contributed by atoms with E-state index in [1.165, 1.54) is 11.3 Å². The summed E-state index contributed by atoms with van der Waals surface area (Å²) in [5.41, 5.74) is 4.65. The number of hydrogen-bond acceptors (Lipinski definition) is 4. The van der Waals surface area contributed by atoms with Crippen LogP contribution < -0.4 is 15.6 Å². The molecule has 7 heteroatoms. The van der Waals surface area contributed by atoms with E-state index in [0.717, 1.165) is 10.1 Å². The number of fused-ring (bicyclic) bond motifs is 1. The van der Waals surface area contributed by atoms with Gasteiger partial charge in [0.25, 0.3) is 11.8 Å². The molecule has 0 spiro atoms. The van der Waals surface area contributed by atoms with Crippen LogP contribution in [0.4, 0.5) is 0 Å². The van der Waals surface area contributed by atoms with Crippen LogP contribution in [0.25, 0.3) is 10.1 Å². The van der Waals surface area contributed by atoms with Crippen LogP contribution in [0, 0.1) is 0 Å². The summed E-state index contributed by atoms with van der Waals surface area (Å²) in [5.74, 6) is -0.356. The number of rotatable bonds is 4. The summed E-state index contributed by atoms with van der Waals surface area (Å²) >= 11 is 7.49. The zero-order valence-electron chi connectivity index (χ0n) is 12.4. The van der Waals surface area contributed by atoms with Gasteiger partial charge in [-0.15, -0.1) is 11.3 Å². The maximum Gasteiger partial charge on any atom is 0.281 e. The topological polar surface area (TPSA) is 67.4 Å². The zero-order valence-corrected chi connectivity index (χ0v) is 14.0. The number of benzene rings is 2. The summed E-state index contributed by atoms with van der Waals surface area (Å²) in [5, 5.41) is 1.19. The molecule has 1 aromatic heterocycles. The quantitative estimate of drug-likeness (QED) is 0.701. The lowest BCUT2D eigenvalue weighted by Gasteiger charge is -2.08. The number of hydrogen-bond donors (Lipinski definition) is 2. The number of nitrogens with one attached hydrogen (secondary N) is 2. The predicted octanol–water partition coefficient (Wildman–Crippen LogP) is 3.39. The number of carbonyl (C=O) groups excluding carboxylic acids is 2. The summed E-state index contributed by atoms with van der Waals surface area (Å²) in [6.45, 7) is -0.204. The molecule has 0 bridgehead atoms. The smallest absolute Gasteiger partial charge is 0.281 e. The summed E-state index contributed by atoms with van der Waals surface area (Å²) in [6.07, 6.45) is 0. The Labute approximate surface area is 147 Å². The van der Waals surface area contributed by atoms with Crippen LogP contribution in [0.1, 0.15) is 9.67 Å². The average Bonchev–Trinajstić information content (AvgIpc) is 2.96. The molecule has 0 unspecified atom stereocenters. The van der Waals surface area contributed by atoms with Gasteiger partial charge in [-0.05, 0) is 18.2 Å². The van der Waals surface area contributed by atoms with Gasteiger partial charge in [0, 0.05) is 10.1 Å². The normalized spacial score (nSPS) is 10.4. The Morgan fingerprint density at radius 3 is 2.46 bits per heavy atom. The van der Waals surface area contributed by atoms with Crippen LogP contribution in [0.2, 0.25) is 5.02 Å². The number of hydrazine groups is 1. The second-order valence-electron chi connectivity index (χ2n) is 4.85. The second kappa shape index (κ2) is 7.33. The van der Waals surface area contributed by atoms with Gasteiger partial charge in [0.15, 0.2) is 6.61 Å². The van der Waals surface area contributed by atoms with Gasteiger partial charge in [-0.2, -0.15) is 0 Å². The van der Waals surface area contributed by atoms with Gasteiger partial charge >= 0.3 is 0 Å². The molecule has 3 rings (SSSR count). The van der Waals surface area contributed by atoms with Crippen molar-refractivity contribution in [3.05, 3.63) is 64.5 Å². The molecule has 2 aromatic carbocycles. The van der Waals surface area contributed by atoms with Gasteiger partial charge < -0.3 is 4.74 Å². The minimum absolute atomic E-state index is 0.204. The Balaban J connectivity index is 1.56. The summed E-state index contributed by atoms with van der Waals surface area (Å²) < 4.78 is 6.20. The Hall–Kier alpha value is -2.57. The molecule has 0 aliphatic carbocycles. The van der Waals surface area contributed by atoms with E-state index < -0.39 is 11.8 Å². The molecule has 0 radical (unpaired) electrons. The van der Waals surface area contributed by atoms with Crippen molar-refractivity contribution < 1.29 is 14.3 Å². The van der Waals surface area contributed by atoms with E-state index in [9.17, 15) is 9.59 Å². The first-order chi connectivity index (χ1) is 11.6. The van der Waals surface area contributed by atoms with Gasteiger partial charge in [-0.25, -0.2) is 0 Å². The molecule has 3 aromatic rings. The third-order valence-corrected chi connectivity index (χ3v) is 4.84. The van der Waals surface area contributed by atoms with Crippen LogP contribution >= 0.6 is 22.9 Å². The molecule has 0 saturated heterocycles. The fraction of sp³-hybridized carbons (Fsp3) is 0.0588. The Bertz CT molecular complexity index is 880. The van der Waals surface area contributed by atoms with Crippen molar-refractivity contribution in [2.75, 3.05) is 6.61 Å². The van der Waals surface area contributed by atoms with Gasteiger partial charge in [0.05, 0.1) is 5.02 Å². The molecule has 24 heavy (non-hydrogen) atoms. The highest BCUT2D eigenvalue weighted by molar-refractivity contribution is 7.21. The van der Waals surface area contributed by atoms with Crippen molar-refractivity contribution in [2.45, 2.75) is 0 Å². The van der Waals surface area contributed by atoms with Crippen molar-refractivity contribution in [3.63, 3.8) is 0 Å². The summed E-state index contributed by atoms with van der Waals surface area (Å²) in [4.78, 5) is 24.3. The summed E-state index contributed by atoms with van der Waals surface area (Å²) in [7, 11) is 0. The second-order valence-corrected chi connectivity index (χ2v) is 6.28. The Kier molecular flexibility index (Phi) is 4.98. The van der Waals surface area contributed by atoms with E-state index in [1.54, 1.807) is 24.3 Å². The average molecular weight is 361 g/mol. The molecule has 0 aliphatic heterocycles. The minimum atomic E-state index is -0.468. The van der Waals surface area contributed by atoms with Crippen LogP contribution in [0.5, 0.6) is 5.75 Å². The minimum Gasteiger partial charge on any atom is -0.484 e. The largest absolute Gasteiger partial charge is 0.484 e. The molecule has 0 aliphatic rings. The highest BCUT2D eigenvalue weighted by Crippen LogP contribution is 2.34. The highest BCUT2D eigenvalue weighted by atomic mass is 35.5. The predicted molar refractivity (Wildman–Crippen MR) is 94.4 cm³/mol. The molecular formula is C17H13ClN2O3S. The van der Waals surface area contributed by atoms with Gasteiger partial charge in [0.1, 0.15) is 10.6 Å². The van der Waals surface area contributed by atoms with E-state index in [0.29, 0.717) is 15.6 Å². The third kappa shape index (κ3) is 3.67. The third-order valence-electron chi connectivity index (χ3n) is 3.17. The zero-order chi connectivity index (χ0) is 16.9. The van der Waals surface area contributed by atoms with Crippen LogP contribution in [-0.2, 0) is 4.79 Å². The monoisotopic (exact) mass is 360 g/mol. The van der Waals surface area contributed by atoms with Crippen LogP contribution in [0.15, 0.2) is 54.6 Å². The van der Waals surface area contributed by atoms with E-state index in [4.69, 9.17) is 16.3 Å². The fourth-order valence-corrected chi connectivity index (χ4v) is 3.46. The first kappa shape index (κ1) is 16.3. The number of para-hydroxylation sites is 1. The molecule has 122 valence electrons. The van der Waals surface area contributed by atoms with Gasteiger partial charge in [-0.1, -0.05) is 48.0 Å². The summed E-state index contributed by atoms with van der Waals surface area (Å²) in [6, 6.07) is 16.4. The van der Waals surface area contributed by atoms with Crippen molar-refractivity contribution in [3.8, 4) is 5.75 Å². The van der Waals surface area contributed by atoms with Crippen molar-refractivity contribution >= 4 is 44.8 Å². The molecule has 0 fully saturated rings. The van der Waals surface area contributed by atoms with Crippen molar-refractivity contribution in [1.82, 2.24) is 10.9 Å². The molecule has 5 nitrogen and oxygen atoms in total. The number of carbonyl (C=O) groups is 2. The number of ether oxygens (including phenoxy) is 1. The molecular weight excluding hydrogens is 348 g/mol. The van der Waals surface area contributed by atoms with E-state index >= 15 is 0 Å². The lowest BCUT2D eigenvalue weighted by atomic mass is 10.2. The lowest BCUT2D eigenvalue weighted by molar-refractivity contribution is -0.123. The fourth-order valence-electron chi connectivity index (χ4n) is 2.04. The number of amides is 2. The number of thiophene rings is 1. The van der Waals surface area contributed by atoms with E-state index in [1.807, 2.05) is 30.3 Å². The highest BCUT2D eigenvalue weighted by Gasteiger charge is 2.17. The van der Waals surface area contributed by atoms with E-state index in [-0.39, 0.29) is 6.61 Å². The van der Waals surface area contributed by atoms with Crippen LogP contribution in [-0.4, -0.2) is 18.4 Å². The maximum atomic E-state index is 12.2. The Morgan fingerprint density at radius 1 is 1.00 bits per heavy atom. The van der Waals surface area contributed by atoms with Gasteiger partial charge in [-0.3, -0.25) is 20.4 Å². The molecule has 2 amide bonds. The molecule has 2 N–H and O–H groups in total. The molecule has 1 heterocycles.